The number of rotatable bonds is 4. The van der Waals surface area contributed by atoms with Gasteiger partial charge >= 0.3 is 0 Å². The van der Waals surface area contributed by atoms with E-state index in [1.165, 1.54) is 7.05 Å². The van der Waals surface area contributed by atoms with Crippen LogP contribution in [0.15, 0.2) is 17.0 Å². The summed E-state index contributed by atoms with van der Waals surface area (Å²) < 4.78 is 52.0. The zero-order chi connectivity index (χ0) is 14.1. The summed E-state index contributed by atoms with van der Waals surface area (Å²) in [5, 5.41) is 0. The van der Waals surface area contributed by atoms with Gasteiger partial charge in [0.15, 0.2) is 11.6 Å². The van der Waals surface area contributed by atoms with Crippen molar-refractivity contribution in [3.05, 3.63) is 23.8 Å². The fourth-order valence-electron chi connectivity index (χ4n) is 1.42. The maximum absolute atomic E-state index is 13.6. The van der Waals surface area contributed by atoms with Crippen LogP contribution < -0.4 is 5.73 Å². The largest absolute Gasteiger partial charge is 0.399 e. The summed E-state index contributed by atoms with van der Waals surface area (Å²) in [6, 6.07) is 1.35. The second-order valence-corrected chi connectivity index (χ2v) is 6.06. The monoisotopic (exact) mass is 278 g/mol. The number of hydrogen-bond acceptors (Lipinski definition) is 3. The van der Waals surface area contributed by atoms with E-state index in [0.717, 1.165) is 16.4 Å². The first-order valence-electron chi connectivity index (χ1n) is 5.44. The molecule has 0 fully saturated rings. The lowest BCUT2D eigenvalue weighted by molar-refractivity contribution is 0.376. The van der Waals surface area contributed by atoms with Gasteiger partial charge in [-0.1, -0.05) is 6.92 Å². The van der Waals surface area contributed by atoms with Crippen LogP contribution in [-0.2, 0) is 10.0 Å². The molecule has 0 aromatic heterocycles. The quantitative estimate of drug-likeness (QED) is 0.856. The number of halogens is 2. The van der Waals surface area contributed by atoms with Crippen LogP contribution in [0.1, 0.15) is 20.3 Å². The number of anilines is 1. The first-order chi connectivity index (χ1) is 8.21. The topological polar surface area (TPSA) is 63.4 Å². The van der Waals surface area contributed by atoms with E-state index < -0.39 is 26.6 Å². The van der Waals surface area contributed by atoms with E-state index in [-0.39, 0.29) is 11.7 Å². The molecule has 0 aliphatic rings. The molecule has 1 aromatic carbocycles. The van der Waals surface area contributed by atoms with Gasteiger partial charge in [0.05, 0.1) is 0 Å². The maximum Gasteiger partial charge on any atom is 0.246 e. The van der Waals surface area contributed by atoms with Crippen molar-refractivity contribution in [1.29, 1.82) is 0 Å². The minimum Gasteiger partial charge on any atom is -0.399 e. The van der Waals surface area contributed by atoms with Gasteiger partial charge in [-0.3, -0.25) is 0 Å². The first-order valence-corrected chi connectivity index (χ1v) is 6.88. The van der Waals surface area contributed by atoms with Crippen LogP contribution in [-0.4, -0.2) is 25.8 Å². The van der Waals surface area contributed by atoms with E-state index in [1.54, 1.807) is 13.8 Å². The highest BCUT2D eigenvalue weighted by Gasteiger charge is 2.29. The molecule has 4 nitrogen and oxygen atoms in total. The number of hydrogen-bond donors (Lipinski definition) is 1. The SMILES string of the molecule is CCC(C)N(C)S(=O)(=O)c1cc(N)cc(F)c1F. The van der Waals surface area contributed by atoms with Crippen molar-refractivity contribution in [3.8, 4) is 0 Å². The van der Waals surface area contributed by atoms with Gasteiger partial charge < -0.3 is 5.73 Å². The highest BCUT2D eigenvalue weighted by molar-refractivity contribution is 7.89. The van der Waals surface area contributed by atoms with Crippen molar-refractivity contribution in [1.82, 2.24) is 4.31 Å². The number of sulfonamides is 1. The molecular formula is C11H16F2N2O2S. The zero-order valence-corrected chi connectivity index (χ0v) is 11.3. The van der Waals surface area contributed by atoms with Crippen LogP contribution in [0.2, 0.25) is 0 Å². The molecule has 0 spiro atoms. The third-order valence-corrected chi connectivity index (χ3v) is 4.86. The van der Waals surface area contributed by atoms with Gasteiger partial charge in [-0.2, -0.15) is 4.31 Å². The van der Waals surface area contributed by atoms with Gasteiger partial charge in [-0.25, -0.2) is 17.2 Å². The zero-order valence-electron chi connectivity index (χ0n) is 10.4. The Labute approximate surface area is 105 Å². The van der Waals surface area contributed by atoms with Crippen LogP contribution >= 0.6 is 0 Å². The van der Waals surface area contributed by atoms with E-state index in [0.29, 0.717) is 6.42 Å². The lowest BCUT2D eigenvalue weighted by Gasteiger charge is -2.23. The average molecular weight is 278 g/mol. The van der Waals surface area contributed by atoms with Crippen molar-refractivity contribution in [3.63, 3.8) is 0 Å². The predicted octanol–water partition coefficient (Wildman–Crippen LogP) is 1.97. The summed E-state index contributed by atoms with van der Waals surface area (Å²) >= 11 is 0. The molecule has 1 rings (SSSR count). The molecule has 102 valence electrons. The molecule has 18 heavy (non-hydrogen) atoms. The van der Waals surface area contributed by atoms with Crippen molar-refractivity contribution in [2.24, 2.45) is 0 Å². The van der Waals surface area contributed by atoms with Gasteiger partial charge in [0.2, 0.25) is 10.0 Å². The van der Waals surface area contributed by atoms with Crippen LogP contribution in [0.4, 0.5) is 14.5 Å². The molecule has 2 N–H and O–H groups in total. The molecule has 1 atom stereocenters. The minimum atomic E-state index is -4.09. The predicted molar refractivity (Wildman–Crippen MR) is 65.5 cm³/mol. The van der Waals surface area contributed by atoms with Crippen LogP contribution in [0, 0.1) is 11.6 Å². The lowest BCUT2D eigenvalue weighted by atomic mass is 10.3. The molecule has 0 aliphatic carbocycles. The fourth-order valence-corrected chi connectivity index (χ4v) is 2.96. The molecule has 1 unspecified atom stereocenters. The second kappa shape index (κ2) is 5.19. The van der Waals surface area contributed by atoms with Gasteiger partial charge in [0.1, 0.15) is 4.90 Å². The van der Waals surface area contributed by atoms with Gasteiger partial charge in [-0.05, 0) is 25.5 Å². The Hall–Kier alpha value is -1.21. The van der Waals surface area contributed by atoms with Crippen LogP contribution in [0.3, 0.4) is 0 Å². The molecular weight excluding hydrogens is 262 g/mol. The van der Waals surface area contributed by atoms with Crippen LogP contribution in [0.25, 0.3) is 0 Å². The molecule has 0 saturated heterocycles. The maximum atomic E-state index is 13.6. The molecule has 0 saturated carbocycles. The Morgan fingerprint density at radius 1 is 1.39 bits per heavy atom. The second-order valence-electron chi connectivity index (χ2n) is 4.09. The molecule has 0 aliphatic heterocycles. The Kier molecular flexibility index (Phi) is 4.28. The third kappa shape index (κ3) is 2.62. The Balaban J connectivity index is 3.37. The summed E-state index contributed by atoms with van der Waals surface area (Å²) in [4.78, 5) is -0.734. The molecule has 0 radical (unpaired) electrons. The summed E-state index contributed by atoms with van der Waals surface area (Å²) in [7, 11) is -2.76. The summed E-state index contributed by atoms with van der Waals surface area (Å²) in [5.41, 5.74) is 5.21. The number of nitrogen functional groups attached to an aromatic ring is 1. The van der Waals surface area contributed by atoms with E-state index in [1.807, 2.05) is 0 Å². The number of benzene rings is 1. The first kappa shape index (κ1) is 14.8. The smallest absolute Gasteiger partial charge is 0.246 e. The Morgan fingerprint density at radius 2 is 1.94 bits per heavy atom. The summed E-state index contributed by atoms with van der Waals surface area (Å²) in [5.74, 6) is -2.68. The number of nitrogens with two attached hydrogens (primary N) is 1. The Bertz CT molecular complexity index is 546. The van der Waals surface area contributed by atoms with Crippen molar-refractivity contribution >= 4 is 15.7 Å². The van der Waals surface area contributed by atoms with Crippen molar-refractivity contribution in [2.45, 2.75) is 31.2 Å². The normalized spacial score (nSPS) is 13.9. The van der Waals surface area contributed by atoms with Crippen LogP contribution in [0.5, 0.6) is 0 Å². The highest BCUT2D eigenvalue weighted by atomic mass is 32.2. The van der Waals surface area contributed by atoms with Gasteiger partial charge in [-0.15, -0.1) is 0 Å². The molecule has 7 heteroatoms. The lowest BCUT2D eigenvalue weighted by Crippen LogP contribution is -2.35. The van der Waals surface area contributed by atoms with Gasteiger partial charge in [0, 0.05) is 18.8 Å². The third-order valence-electron chi connectivity index (χ3n) is 2.89. The minimum absolute atomic E-state index is 0.134. The molecule has 0 bridgehead atoms. The summed E-state index contributed by atoms with van der Waals surface area (Å²) in [6.07, 6.45) is 0.558. The van der Waals surface area contributed by atoms with E-state index in [9.17, 15) is 17.2 Å². The van der Waals surface area contributed by atoms with E-state index in [2.05, 4.69) is 0 Å². The summed E-state index contributed by atoms with van der Waals surface area (Å²) in [6.45, 7) is 3.48. The van der Waals surface area contributed by atoms with E-state index >= 15 is 0 Å². The molecule has 0 amide bonds. The van der Waals surface area contributed by atoms with Crippen molar-refractivity contribution < 1.29 is 17.2 Å². The highest BCUT2D eigenvalue weighted by Crippen LogP contribution is 2.25. The molecule has 0 heterocycles. The number of nitrogens with zero attached hydrogens (tertiary/aromatic N) is 1. The van der Waals surface area contributed by atoms with Crippen molar-refractivity contribution in [2.75, 3.05) is 12.8 Å². The fraction of sp³-hybridized carbons (Fsp3) is 0.455. The van der Waals surface area contributed by atoms with E-state index in [4.69, 9.17) is 5.73 Å². The average Bonchev–Trinajstić information content (AvgIpc) is 2.31. The van der Waals surface area contributed by atoms with Gasteiger partial charge in [0.25, 0.3) is 0 Å². The Morgan fingerprint density at radius 3 is 2.44 bits per heavy atom. The standard InChI is InChI=1S/C11H16F2N2O2S/c1-4-7(2)15(3)18(16,17)10-6-8(14)5-9(12)11(10)13/h5-7H,4,14H2,1-3H3. The molecule has 1 aromatic rings.